The van der Waals surface area contributed by atoms with Crippen molar-refractivity contribution >= 4 is 34.0 Å². The second kappa shape index (κ2) is 8.01. The molecule has 10 heteroatoms. The van der Waals surface area contributed by atoms with Crippen molar-refractivity contribution in [2.45, 2.75) is 29.5 Å². The van der Waals surface area contributed by atoms with Crippen molar-refractivity contribution in [1.29, 1.82) is 5.26 Å². The molecule has 0 bridgehead atoms. The molecule has 0 spiro atoms. The predicted octanol–water partition coefficient (Wildman–Crippen LogP) is 3.28. The number of nitrogens with two attached hydrogens (primary N) is 1. The fraction of sp³-hybridized carbons (Fsp3) is 0.300. The van der Waals surface area contributed by atoms with Gasteiger partial charge in [-0.2, -0.15) is 5.26 Å². The Hall–Kier alpha value is -3.03. The van der Waals surface area contributed by atoms with E-state index in [1.165, 1.54) is 36.3 Å². The average molecular weight is 442 g/mol. The number of phenolic OH excluding ortho intramolecular Hbond substituents is 1. The van der Waals surface area contributed by atoms with Gasteiger partial charge in [-0.05, 0) is 36.8 Å². The molecule has 0 radical (unpaired) electrons. The van der Waals surface area contributed by atoms with Crippen molar-refractivity contribution in [3.8, 4) is 17.6 Å². The molecule has 154 valence electrons. The van der Waals surface area contributed by atoms with E-state index in [4.69, 9.17) is 10.5 Å². The molecule has 0 amide bonds. The molecule has 0 fully saturated rings. The maximum atomic E-state index is 13.1. The lowest BCUT2D eigenvalue weighted by Crippen LogP contribution is -2.38. The molecule has 2 heterocycles. The lowest BCUT2D eigenvalue weighted by molar-refractivity contribution is -0.116. The van der Waals surface area contributed by atoms with Crippen molar-refractivity contribution in [3.05, 3.63) is 46.4 Å². The number of aromatic hydroxyl groups is 1. The number of methoxy groups -OCH3 is 1. The van der Waals surface area contributed by atoms with Crippen LogP contribution in [0.3, 0.4) is 0 Å². The van der Waals surface area contributed by atoms with Crippen LogP contribution in [0.25, 0.3) is 0 Å². The number of carbonyl (C=O) groups excluding carboxylic acids is 1. The molecular weight excluding hydrogens is 422 g/mol. The quantitative estimate of drug-likeness (QED) is 0.687. The highest BCUT2D eigenvalue weighted by atomic mass is 32.2. The van der Waals surface area contributed by atoms with E-state index < -0.39 is 5.92 Å². The minimum Gasteiger partial charge on any atom is -0.504 e. The number of ketones is 1. The second-order valence-corrected chi connectivity index (χ2v) is 8.81. The summed E-state index contributed by atoms with van der Waals surface area (Å²) in [6.07, 6.45) is 3.65. The topological polar surface area (TPSA) is 125 Å². The molecule has 1 unspecified atom stereocenters. The Bertz CT molecular complexity index is 1130. The molecule has 30 heavy (non-hydrogen) atoms. The molecule has 1 atom stereocenters. The third-order valence-electron chi connectivity index (χ3n) is 5.21. The van der Waals surface area contributed by atoms with Crippen molar-refractivity contribution in [1.82, 2.24) is 10.2 Å². The monoisotopic (exact) mass is 441 g/mol. The number of anilines is 1. The first kappa shape index (κ1) is 20.3. The summed E-state index contributed by atoms with van der Waals surface area (Å²) < 4.78 is 6.00. The van der Waals surface area contributed by atoms with E-state index in [9.17, 15) is 15.2 Å². The zero-order chi connectivity index (χ0) is 21.4. The maximum absolute atomic E-state index is 13.1. The van der Waals surface area contributed by atoms with Crippen LogP contribution in [0, 0.1) is 11.3 Å². The van der Waals surface area contributed by atoms with Crippen molar-refractivity contribution in [3.63, 3.8) is 0 Å². The first-order chi connectivity index (χ1) is 14.5. The first-order valence-electron chi connectivity index (χ1n) is 9.20. The van der Waals surface area contributed by atoms with Crippen LogP contribution in [0.4, 0.5) is 5.13 Å². The number of hydrogen-bond donors (Lipinski definition) is 2. The van der Waals surface area contributed by atoms with Gasteiger partial charge in [0.2, 0.25) is 5.13 Å². The zero-order valence-electron chi connectivity index (χ0n) is 16.4. The number of phenols is 1. The number of carbonyl (C=O) groups is 1. The summed E-state index contributed by atoms with van der Waals surface area (Å²) in [5.74, 6) is -0.154. The summed E-state index contributed by atoms with van der Waals surface area (Å²) in [5.41, 5.74) is 8.70. The van der Waals surface area contributed by atoms with Crippen molar-refractivity contribution in [2.75, 3.05) is 18.3 Å². The minimum absolute atomic E-state index is 0.0169. The summed E-state index contributed by atoms with van der Waals surface area (Å²) in [5, 5.41) is 28.9. The Balaban J connectivity index is 1.94. The van der Waals surface area contributed by atoms with Gasteiger partial charge in [0, 0.05) is 17.7 Å². The van der Waals surface area contributed by atoms with Gasteiger partial charge in [-0.25, -0.2) is 0 Å². The molecule has 4 rings (SSSR count). The van der Waals surface area contributed by atoms with E-state index in [1.54, 1.807) is 17.0 Å². The van der Waals surface area contributed by atoms with E-state index in [0.29, 0.717) is 35.5 Å². The number of ether oxygens (including phenoxy) is 1. The lowest BCUT2D eigenvalue weighted by Gasteiger charge is -2.38. The van der Waals surface area contributed by atoms with E-state index >= 15 is 0 Å². The molecule has 1 aromatic carbocycles. The highest BCUT2D eigenvalue weighted by Crippen LogP contribution is 2.47. The van der Waals surface area contributed by atoms with E-state index in [0.717, 1.165) is 10.0 Å². The molecule has 1 aliphatic carbocycles. The van der Waals surface area contributed by atoms with Gasteiger partial charge >= 0.3 is 0 Å². The fourth-order valence-electron chi connectivity index (χ4n) is 3.89. The smallest absolute Gasteiger partial charge is 0.219 e. The third kappa shape index (κ3) is 3.20. The van der Waals surface area contributed by atoms with Crippen molar-refractivity contribution < 1.29 is 14.6 Å². The Morgan fingerprint density at radius 1 is 1.40 bits per heavy atom. The Kier molecular flexibility index (Phi) is 5.40. The van der Waals surface area contributed by atoms with Crippen LogP contribution in [0.5, 0.6) is 11.5 Å². The average Bonchev–Trinajstić information content (AvgIpc) is 3.22. The number of benzene rings is 1. The molecule has 8 nitrogen and oxygen atoms in total. The van der Waals surface area contributed by atoms with Crippen LogP contribution in [-0.4, -0.2) is 34.5 Å². The van der Waals surface area contributed by atoms with Gasteiger partial charge in [-0.15, -0.1) is 10.2 Å². The number of hydrogen-bond acceptors (Lipinski definition) is 10. The van der Waals surface area contributed by atoms with E-state index in [-0.39, 0.29) is 28.7 Å². The highest BCUT2D eigenvalue weighted by molar-refractivity contribution is 8.00. The van der Waals surface area contributed by atoms with Crippen LogP contribution in [0.2, 0.25) is 0 Å². The predicted molar refractivity (Wildman–Crippen MR) is 114 cm³/mol. The summed E-state index contributed by atoms with van der Waals surface area (Å²) in [6.45, 7) is 0. The first-order valence-corrected chi connectivity index (χ1v) is 11.2. The molecule has 2 aromatic rings. The van der Waals surface area contributed by atoms with E-state index in [2.05, 4.69) is 16.3 Å². The minimum atomic E-state index is -0.628. The van der Waals surface area contributed by atoms with Gasteiger partial charge in [0.1, 0.15) is 5.82 Å². The van der Waals surface area contributed by atoms with Gasteiger partial charge in [0.25, 0.3) is 0 Å². The lowest BCUT2D eigenvalue weighted by atomic mass is 9.75. The Morgan fingerprint density at radius 2 is 2.20 bits per heavy atom. The Morgan fingerprint density at radius 3 is 2.87 bits per heavy atom. The van der Waals surface area contributed by atoms with Crippen molar-refractivity contribution in [2.24, 2.45) is 5.73 Å². The van der Waals surface area contributed by atoms with Gasteiger partial charge in [0.15, 0.2) is 21.6 Å². The maximum Gasteiger partial charge on any atom is 0.219 e. The SMILES string of the molecule is COc1cc(C2C(C#N)=C(N)N(c3nnc(SC)s3)C3=C2C(=O)CCC3)ccc1O. The summed E-state index contributed by atoms with van der Waals surface area (Å²) in [4.78, 5) is 14.8. The van der Waals surface area contributed by atoms with Crippen LogP contribution >= 0.6 is 23.1 Å². The third-order valence-corrected chi connectivity index (χ3v) is 7.10. The number of nitriles is 1. The molecule has 0 saturated heterocycles. The standard InChI is InChI=1S/C20H19N5O3S2/c1-28-15-8-10(6-7-13(15)26)16-11(9-21)18(22)25(19-23-24-20(29-2)30-19)12-4-3-5-14(27)17(12)16/h6-8,16,26H,3-5,22H2,1-2H3. The van der Waals surface area contributed by atoms with Gasteiger partial charge in [0.05, 0.1) is 24.7 Å². The molecular formula is C20H19N5O3S2. The van der Waals surface area contributed by atoms with Crippen LogP contribution in [0.15, 0.2) is 45.2 Å². The molecule has 3 N–H and O–H groups in total. The van der Waals surface area contributed by atoms with Gasteiger partial charge in [-0.1, -0.05) is 29.2 Å². The van der Waals surface area contributed by atoms with Crippen LogP contribution in [0.1, 0.15) is 30.7 Å². The second-order valence-electron chi connectivity index (χ2n) is 6.80. The normalized spacial score (nSPS) is 19.0. The van der Waals surface area contributed by atoms with Crippen LogP contribution in [-0.2, 0) is 4.79 Å². The van der Waals surface area contributed by atoms with Gasteiger partial charge in [-0.3, -0.25) is 9.69 Å². The number of rotatable bonds is 4. The zero-order valence-corrected chi connectivity index (χ0v) is 18.0. The summed E-state index contributed by atoms with van der Waals surface area (Å²) in [7, 11) is 1.45. The van der Waals surface area contributed by atoms with Crippen LogP contribution < -0.4 is 15.4 Å². The summed E-state index contributed by atoms with van der Waals surface area (Å²) in [6, 6.07) is 7.03. The van der Waals surface area contributed by atoms with Gasteiger partial charge < -0.3 is 15.6 Å². The Labute approximate surface area is 181 Å². The largest absolute Gasteiger partial charge is 0.504 e. The molecule has 1 aliphatic heterocycles. The molecule has 0 saturated carbocycles. The number of nitrogens with zero attached hydrogens (tertiary/aromatic N) is 4. The fourth-order valence-corrected chi connectivity index (χ4v) is 5.19. The summed E-state index contributed by atoms with van der Waals surface area (Å²) >= 11 is 2.83. The van der Waals surface area contributed by atoms with E-state index in [1.807, 2.05) is 6.26 Å². The number of thioether (sulfide) groups is 1. The number of Topliss-reactive ketones (excluding diaryl/α,β-unsaturated/α-hetero) is 1. The number of aromatic nitrogens is 2. The molecule has 1 aromatic heterocycles. The molecule has 2 aliphatic rings. The highest BCUT2D eigenvalue weighted by Gasteiger charge is 2.41. The number of allylic oxidation sites excluding steroid dienone is 3.